The summed E-state index contributed by atoms with van der Waals surface area (Å²) in [6.45, 7) is 5.28. The largest absolute Gasteiger partial charge is 0.486 e. The van der Waals surface area contributed by atoms with Crippen LogP contribution >= 0.6 is 0 Å². The van der Waals surface area contributed by atoms with Crippen LogP contribution in [-0.4, -0.2) is 36.4 Å². The smallest absolute Gasteiger partial charge is 0.304 e. The number of carboxylic acid groups (broad SMARTS) is 1. The Labute approximate surface area is 125 Å². The Morgan fingerprint density at radius 2 is 2.05 bits per heavy atom. The molecule has 0 aliphatic carbocycles. The van der Waals surface area contributed by atoms with Crippen LogP contribution in [0.2, 0.25) is 0 Å². The van der Waals surface area contributed by atoms with E-state index in [-0.39, 0.29) is 12.5 Å². The van der Waals surface area contributed by atoms with Gasteiger partial charge in [-0.1, -0.05) is 13.0 Å². The molecule has 5 heteroatoms. The Hall–Kier alpha value is -1.75. The summed E-state index contributed by atoms with van der Waals surface area (Å²) in [6, 6.07) is 6.03. The van der Waals surface area contributed by atoms with Gasteiger partial charge in [0.2, 0.25) is 0 Å². The molecule has 0 saturated heterocycles. The lowest BCUT2D eigenvalue weighted by Gasteiger charge is -2.23. The number of hydrogen-bond acceptors (Lipinski definition) is 4. The highest BCUT2D eigenvalue weighted by atomic mass is 16.6. The zero-order valence-corrected chi connectivity index (χ0v) is 12.6. The van der Waals surface area contributed by atoms with E-state index < -0.39 is 5.97 Å². The SMILES string of the molecule is CCC(C)NC(CC(=O)O)Cc1ccc2c(c1)OCCO2. The maximum atomic E-state index is 11.0. The first-order valence-corrected chi connectivity index (χ1v) is 7.45. The molecule has 2 N–H and O–H groups in total. The van der Waals surface area contributed by atoms with Crippen LogP contribution < -0.4 is 14.8 Å². The molecule has 2 atom stereocenters. The monoisotopic (exact) mass is 293 g/mol. The van der Waals surface area contributed by atoms with Gasteiger partial charge >= 0.3 is 5.97 Å². The molecule has 0 fully saturated rings. The molecule has 0 spiro atoms. The average molecular weight is 293 g/mol. The van der Waals surface area contributed by atoms with Crippen molar-refractivity contribution < 1.29 is 19.4 Å². The fraction of sp³-hybridized carbons (Fsp3) is 0.562. The van der Waals surface area contributed by atoms with Crippen molar-refractivity contribution in [2.24, 2.45) is 0 Å². The van der Waals surface area contributed by atoms with Crippen molar-refractivity contribution in [1.82, 2.24) is 5.32 Å². The Morgan fingerprint density at radius 1 is 1.33 bits per heavy atom. The van der Waals surface area contributed by atoms with Gasteiger partial charge in [-0.3, -0.25) is 4.79 Å². The van der Waals surface area contributed by atoms with Gasteiger partial charge in [0.1, 0.15) is 13.2 Å². The van der Waals surface area contributed by atoms with Gasteiger partial charge in [-0.15, -0.1) is 0 Å². The van der Waals surface area contributed by atoms with Gasteiger partial charge < -0.3 is 19.9 Å². The number of nitrogens with one attached hydrogen (secondary N) is 1. The van der Waals surface area contributed by atoms with Gasteiger partial charge in [-0.05, 0) is 37.5 Å². The molecular weight excluding hydrogens is 270 g/mol. The summed E-state index contributed by atoms with van der Waals surface area (Å²) in [5.41, 5.74) is 1.06. The van der Waals surface area contributed by atoms with Crippen LogP contribution in [0.4, 0.5) is 0 Å². The van der Waals surface area contributed by atoms with Crippen LogP contribution in [0.3, 0.4) is 0 Å². The van der Waals surface area contributed by atoms with Crippen LogP contribution in [0.1, 0.15) is 32.3 Å². The molecule has 0 aromatic heterocycles. The van der Waals surface area contributed by atoms with Gasteiger partial charge in [0.15, 0.2) is 11.5 Å². The standard InChI is InChI=1S/C16H23NO4/c1-3-11(2)17-13(10-16(18)19)8-12-4-5-14-15(9-12)21-7-6-20-14/h4-5,9,11,13,17H,3,6-8,10H2,1-2H3,(H,18,19). The number of aliphatic carboxylic acids is 1. The van der Waals surface area contributed by atoms with E-state index in [2.05, 4.69) is 19.2 Å². The normalized spacial score (nSPS) is 16.3. The summed E-state index contributed by atoms with van der Waals surface area (Å²) in [5.74, 6) is 0.722. The van der Waals surface area contributed by atoms with E-state index in [1.165, 1.54) is 0 Å². The van der Waals surface area contributed by atoms with E-state index in [0.717, 1.165) is 23.5 Å². The van der Waals surface area contributed by atoms with Crippen LogP contribution in [0, 0.1) is 0 Å². The second-order valence-corrected chi connectivity index (χ2v) is 5.45. The molecule has 1 aliphatic rings. The van der Waals surface area contributed by atoms with E-state index >= 15 is 0 Å². The second-order valence-electron chi connectivity index (χ2n) is 5.45. The molecule has 2 unspecified atom stereocenters. The molecule has 0 bridgehead atoms. The third-order valence-electron chi connectivity index (χ3n) is 3.64. The van der Waals surface area contributed by atoms with Gasteiger partial charge in [0.05, 0.1) is 6.42 Å². The van der Waals surface area contributed by atoms with Crippen molar-refractivity contribution >= 4 is 5.97 Å². The predicted molar refractivity (Wildman–Crippen MR) is 80.1 cm³/mol. The number of hydrogen-bond donors (Lipinski definition) is 2. The Balaban J connectivity index is 2.06. The number of ether oxygens (including phenoxy) is 2. The maximum Gasteiger partial charge on any atom is 0.304 e. The predicted octanol–water partition coefficient (Wildman–Crippen LogP) is 2.23. The molecule has 1 heterocycles. The van der Waals surface area contributed by atoms with Crippen LogP contribution in [0.5, 0.6) is 11.5 Å². The van der Waals surface area contributed by atoms with Crippen LogP contribution in [0.25, 0.3) is 0 Å². The van der Waals surface area contributed by atoms with Crippen molar-refractivity contribution in [1.29, 1.82) is 0 Å². The fourth-order valence-electron chi connectivity index (χ4n) is 2.42. The molecule has 1 aromatic carbocycles. The second kappa shape index (κ2) is 7.31. The minimum atomic E-state index is -0.784. The van der Waals surface area contributed by atoms with Crippen molar-refractivity contribution in [3.8, 4) is 11.5 Å². The number of rotatable bonds is 7. The van der Waals surface area contributed by atoms with Crippen molar-refractivity contribution in [2.75, 3.05) is 13.2 Å². The number of carbonyl (C=O) groups is 1. The number of fused-ring (bicyclic) bond motifs is 1. The first-order chi connectivity index (χ1) is 10.1. The lowest BCUT2D eigenvalue weighted by molar-refractivity contribution is -0.137. The average Bonchev–Trinajstić information content (AvgIpc) is 2.46. The van der Waals surface area contributed by atoms with Crippen LogP contribution in [0.15, 0.2) is 18.2 Å². The molecule has 2 rings (SSSR count). The maximum absolute atomic E-state index is 11.0. The molecule has 21 heavy (non-hydrogen) atoms. The topological polar surface area (TPSA) is 67.8 Å². The minimum Gasteiger partial charge on any atom is -0.486 e. The molecule has 5 nitrogen and oxygen atoms in total. The molecule has 0 amide bonds. The lowest BCUT2D eigenvalue weighted by Crippen LogP contribution is -2.39. The van der Waals surface area contributed by atoms with Gasteiger partial charge in [-0.25, -0.2) is 0 Å². The number of benzene rings is 1. The summed E-state index contributed by atoms with van der Waals surface area (Å²) >= 11 is 0. The molecule has 0 saturated carbocycles. The van der Waals surface area contributed by atoms with Crippen molar-refractivity contribution in [3.63, 3.8) is 0 Å². The summed E-state index contributed by atoms with van der Waals surface area (Å²) < 4.78 is 11.1. The van der Waals surface area contributed by atoms with E-state index in [1.54, 1.807) is 0 Å². The van der Waals surface area contributed by atoms with Gasteiger partial charge in [-0.2, -0.15) is 0 Å². The van der Waals surface area contributed by atoms with Crippen LogP contribution in [-0.2, 0) is 11.2 Å². The zero-order valence-electron chi connectivity index (χ0n) is 12.6. The van der Waals surface area contributed by atoms with E-state index in [1.807, 2.05) is 18.2 Å². The van der Waals surface area contributed by atoms with Gasteiger partial charge in [0, 0.05) is 12.1 Å². The van der Waals surface area contributed by atoms with Crippen molar-refractivity contribution in [2.45, 2.75) is 45.2 Å². The number of carboxylic acids is 1. The molecule has 116 valence electrons. The van der Waals surface area contributed by atoms with Gasteiger partial charge in [0.25, 0.3) is 0 Å². The zero-order chi connectivity index (χ0) is 15.2. The Kier molecular flexibility index (Phi) is 5.44. The highest BCUT2D eigenvalue weighted by Crippen LogP contribution is 2.31. The highest BCUT2D eigenvalue weighted by Gasteiger charge is 2.18. The Bertz CT molecular complexity index is 489. The lowest BCUT2D eigenvalue weighted by atomic mass is 10.0. The summed E-state index contributed by atoms with van der Waals surface area (Å²) in [5, 5.41) is 12.4. The summed E-state index contributed by atoms with van der Waals surface area (Å²) in [6.07, 6.45) is 1.74. The molecule has 1 aliphatic heterocycles. The van der Waals surface area contributed by atoms with E-state index in [9.17, 15) is 4.79 Å². The van der Waals surface area contributed by atoms with E-state index in [4.69, 9.17) is 14.6 Å². The quantitative estimate of drug-likeness (QED) is 0.807. The molecule has 0 radical (unpaired) electrons. The van der Waals surface area contributed by atoms with Crippen molar-refractivity contribution in [3.05, 3.63) is 23.8 Å². The highest BCUT2D eigenvalue weighted by molar-refractivity contribution is 5.67. The van der Waals surface area contributed by atoms with E-state index in [0.29, 0.717) is 25.7 Å². The summed E-state index contributed by atoms with van der Waals surface area (Å²) in [7, 11) is 0. The molecule has 1 aromatic rings. The first-order valence-electron chi connectivity index (χ1n) is 7.45. The first kappa shape index (κ1) is 15.6. The Morgan fingerprint density at radius 3 is 2.71 bits per heavy atom. The molecular formula is C16H23NO4. The third kappa shape index (κ3) is 4.63. The minimum absolute atomic E-state index is 0.0833. The third-order valence-corrected chi connectivity index (χ3v) is 3.64. The fourth-order valence-corrected chi connectivity index (χ4v) is 2.42. The summed E-state index contributed by atoms with van der Waals surface area (Å²) in [4.78, 5) is 11.0.